The van der Waals surface area contributed by atoms with E-state index in [4.69, 9.17) is 4.74 Å². The van der Waals surface area contributed by atoms with Crippen LogP contribution in [0, 0.1) is 11.7 Å². The Morgan fingerprint density at radius 1 is 1.44 bits per heavy atom. The van der Waals surface area contributed by atoms with Crippen LogP contribution in [0.15, 0.2) is 30.0 Å². The highest BCUT2D eigenvalue weighted by Gasteiger charge is 2.28. The largest absolute Gasteiger partial charge is 0.431 e. The van der Waals surface area contributed by atoms with Crippen molar-refractivity contribution in [3.8, 4) is 0 Å². The van der Waals surface area contributed by atoms with Gasteiger partial charge >= 0.3 is 5.97 Å². The molecule has 0 aromatic heterocycles. The Hall–Kier alpha value is -1.64. The fourth-order valence-electron chi connectivity index (χ4n) is 1.51. The fourth-order valence-corrected chi connectivity index (χ4v) is 1.51. The summed E-state index contributed by atoms with van der Waals surface area (Å²) in [5, 5.41) is 0. The van der Waals surface area contributed by atoms with Gasteiger partial charge in [-0.05, 0) is 25.0 Å². The van der Waals surface area contributed by atoms with E-state index in [1.165, 1.54) is 13.0 Å². The van der Waals surface area contributed by atoms with Crippen molar-refractivity contribution in [2.45, 2.75) is 19.8 Å². The first kappa shape index (κ1) is 10.9. The van der Waals surface area contributed by atoms with Gasteiger partial charge in [0, 0.05) is 18.4 Å². The highest BCUT2D eigenvalue weighted by Crippen LogP contribution is 2.38. The molecule has 1 saturated carbocycles. The molecule has 2 rings (SSSR count). The van der Waals surface area contributed by atoms with Gasteiger partial charge in [-0.2, -0.15) is 0 Å². The molecule has 0 atom stereocenters. The molecule has 1 aliphatic carbocycles. The molecular weight excluding hydrogens is 207 g/mol. The van der Waals surface area contributed by atoms with E-state index in [9.17, 15) is 9.18 Å². The summed E-state index contributed by atoms with van der Waals surface area (Å²) in [6.07, 6.45) is 3.63. The maximum Gasteiger partial charge on any atom is 0.307 e. The van der Waals surface area contributed by atoms with Crippen LogP contribution in [0.3, 0.4) is 0 Å². The van der Waals surface area contributed by atoms with Gasteiger partial charge in [0.25, 0.3) is 0 Å². The third-order valence-corrected chi connectivity index (χ3v) is 2.44. The Morgan fingerprint density at radius 3 is 2.69 bits per heavy atom. The summed E-state index contributed by atoms with van der Waals surface area (Å²) in [5.41, 5.74) is 0.464. The van der Waals surface area contributed by atoms with Crippen LogP contribution in [0.2, 0.25) is 0 Å². The second-order valence-electron chi connectivity index (χ2n) is 3.94. The zero-order valence-corrected chi connectivity index (χ0v) is 9.07. The van der Waals surface area contributed by atoms with Crippen molar-refractivity contribution in [3.05, 3.63) is 41.4 Å². The fraction of sp³-hybridized carbons (Fsp3) is 0.308. The van der Waals surface area contributed by atoms with E-state index in [0.717, 1.165) is 12.8 Å². The lowest BCUT2D eigenvalue weighted by Crippen LogP contribution is -2.00. The van der Waals surface area contributed by atoms with E-state index in [2.05, 4.69) is 0 Å². The first-order valence-electron chi connectivity index (χ1n) is 5.31. The van der Waals surface area contributed by atoms with Gasteiger partial charge in [-0.15, -0.1) is 0 Å². The molecule has 0 heterocycles. The average molecular weight is 220 g/mol. The normalized spacial score (nSPS) is 16.0. The molecule has 0 saturated heterocycles. The molecule has 1 fully saturated rings. The van der Waals surface area contributed by atoms with Crippen molar-refractivity contribution in [2.75, 3.05) is 0 Å². The van der Waals surface area contributed by atoms with Crippen molar-refractivity contribution in [2.24, 2.45) is 5.92 Å². The van der Waals surface area contributed by atoms with Gasteiger partial charge < -0.3 is 4.74 Å². The van der Waals surface area contributed by atoms with E-state index in [-0.39, 0.29) is 17.7 Å². The first-order chi connectivity index (χ1) is 7.66. The predicted molar refractivity (Wildman–Crippen MR) is 58.9 cm³/mol. The van der Waals surface area contributed by atoms with E-state index in [1.54, 1.807) is 24.3 Å². The predicted octanol–water partition coefficient (Wildman–Crippen LogP) is 3.14. The van der Waals surface area contributed by atoms with Crippen LogP contribution in [-0.2, 0) is 9.53 Å². The highest BCUT2D eigenvalue weighted by atomic mass is 19.1. The van der Waals surface area contributed by atoms with Crippen LogP contribution in [-0.4, -0.2) is 5.97 Å². The first-order valence-corrected chi connectivity index (χ1v) is 5.31. The van der Waals surface area contributed by atoms with E-state index in [0.29, 0.717) is 11.3 Å². The number of carbonyl (C=O) groups excluding carboxylic acids is 1. The Labute approximate surface area is 93.7 Å². The molecule has 0 aliphatic heterocycles. The molecule has 0 spiro atoms. The van der Waals surface area contributed by atoms with Gasteiger partial charge in [0.15, 0.2) is 0 Å². The Balaban J connectivity index is 2.25. The van der Waals surface area contributed by atoms with Crippen LogP contribution in [0.4, 0.5) is 4.39 Å². The molecule has 3 heteroatoms. The third kappa shape index (κ3) is 2.69. The number of hydrogen-bond acceptors (Lipinski definition) is 2. The zero-order valence-electron chi connectivity index (χ0n) is 9.07. The van der Waals surface area contributed by atoms with Crippen LogP contribution in [0.5, 0.6) is 0 Å². The number of allylic oxidation sites excluding steroid dienone is 1. The monoisotopic (exact) mass is 220 g/mol. The summed E-state index contributed by atoms with van der Waals surface area (Å²) >= 11 is 0. The number of rotatable bonds is 3. The van der Waals surface area contributed by atoms with Crippen molar-refractivity contribution < 1.29 is 13.9 Å². The highest BCUT2D eigenvalue weighted by molar-refractivity contribution is 5.69. The lowest BCUT2D eigenvalue weighted by atomic mass is 10.1. The summed E-state index contributed by atoms with van der Waals surface area (Å²) < 4.78 is 18.5. The summed E-state index contributed by atoms with van der Waals surface area (Å²) in [6, 6.07) is 6.45. The van der Waals surface area contributed by atoms with E-state index >= 15 is 0 Å². The third-order valence-electron chi connectivity index (χ3n) is 2.44. The van der Waals surface area contributed by atoms with Crippen LogP contribution in [0.25, 0.3) is 6.08 Å². The van der Waals surface area contributed by atoms with Gasteiger partial charge in [0.2, 0.25) is 0 Å². The Kier molecular flexibility index (Phi) is 3.04. The number of benzene rings is 1. The molecule has 1 aliphatic rings. The lowest BCUT2D eigenvalue weighted by Gasteiger charge is -2.05. The van der Waals surface area contributed by atoms with E-state index in [1.807, 2.05) is 0 Å². The standard InChI is InChI=1S/C13H13FO2/c1-9(15)16-13(10-6-7-10)8-11-4-2-3-5-12(11)14/h2-5,8,10H,6-7H2,1H3/b13-8-. The number of carbonyl (C=O) groups is 1. The Bertz CT molecular complexity index is 433. The van der Waals surface area contributed by atoms with Gasteiger partial charge in [-0.25, -0.2) is 4.39 Å². The summed E-state index contributed by atoms with van der Waals surface area (Å²) in [5.74, 6) is 0.211. The molecule has 0 unspecified atom stereocenters. The second-order valence-corrected chi connectivity index (χ2v) is 3.94. The molecule has 2 nitrogen and oxygen atoms in total. The SMILES string of the molecule is CC(=O)O/C(=C\c1ccccc1F)C1CC1. The molecule has 1 aromatic carbocycles. The molecule has 16 heavy (non-hydrogen) atoms. The van der Waals surface area contributed by atoms with Crippen molar-refractivity contribution >= 4 is 12.0 Å². The molecule has 0 bridgehead atoms. The van der Waals surface area contributed by atoms with Gasteiger partial charge in [0.05, 0.1) is 0 Å². The lowest BCUT2D eigenvalue weighted by molar-refractivity contribution is -0.137. The molecule has 1 aromatic rings. The summed E-state index contributed by atoms with van der Waals surface area (Å²) in [4.78, 5) is 10.9. The minimum Gasteiger partial charge on any atom is -0.431 e. The van der Waals surface area contributed by atoms with Crippen molar-refractivity contribution in [1.82, 2.24) is 0 Å². The van der Waals surface area contributed by atoms with Crippen LogP contribution < -0.4 is 0 Å². The molecule has 0 radical (unpaired) electrons. The maximum atomic E-state index is 13.4. The van der Waals surface area contributed by atoms with Crippen LogP contribution in [0.1, 0.15) is 25.3 Å². The molecule has 0 amide bonds. The van der Waals surface area contributed by atoms with Crippen molar-refractivity contribution in [1.29, 1.82) is 0 Å². The summed E-state index contributed by atoms with van der Waals surface area (Å²) in [6.45, 7) is 1.36. The van der Waals surface area contributed by atoms with Crippen molar-refractivity contribution in [3.63, 3.8) is 0 Å². The Morgan fingerprint density at radius 2 is 2.12 bits per heavy atom. The van der Waals surface area contributed by atoms with Gasteiger partial charge in [0.1, 0.15) is 11.6 Å². The minimum absolute atomic E-state index is 0.281. The number of halogens is 1. The quantitative estimate of drug-likeness (QED) is 0.577. The minimum atomic E-state index is -0.352. The van der Waals surface area contributed by atoms with E-state index < -0.39 is 0 Å². The molecule has 0 N–H and O–H groups in total. The van der Waals surface area contributed by atoms with Crippen LogP contribution >= 0.6 is 0 Å². The maximum absolute atomic E-state index is 13.4. The average Bonchev–Trinajstić information content (AvgIpc) is 3.03. The molecular formula is C13H13FO2. The second kappa shape index (κ2) is 4.47. The summed E-state index contributed by atoms with van der Waals surface area (Å²) in [7, 11) is 0. The molecule has 84 valence electrons. The number of ether oxygens (including phenoxy) is 1. The van der Waals surface area contributed by atoms with Gasteiger partial charge in [-0.3, -0.25) is 4.79 Å². The number of hydrogen-bond donors (Lipinski definition) is 0. The topological polar surface area (TPSA) is 26.3 Å². The van der Waals surface area contributed by atoms with Gasteiger partial charge in [-0.1, -0.05) is 18.2 Å². The zero-order chi connectivity index (χ0) is 11.5. The smallest absolute Gasteiger partial charge is 0.307 e. The number of esters is 1.